The number of fused-ring (bicyclic) bond motifs is 3. The predicted octanol–water partition coefficient (Wildman–Crippen LogP) is 2.42. The zero-order valence-electron chi connectivity index (χ0n) is 7.61. The number of hydrogen-bond donors (Lipinski definition) is 0. The van der Waals surface area contributed by atoms with Gasteiger partial charge in [-0.1, -0.05) is 24.3 Å². The van der Waals surface area contributed by atoms with E-state index >= 15 is 0 Å². The van der Waals surface area contributed by atoms with Gasteiger partial charge in [-0.25, -0.2) is 0 Å². The quantitative estimate of drug-likeness (QED) is 0.568. The van der Waals surface area contributed by atoms with Crippen LogP contribution in [0.1, 0.15) is 23.5 Å². The summed E-state index contributed by atoms with van der Waals surface area (Å²) < 4.78 is 0. The van der Waals surface area contributed by atoms with Gasteiger partial charge in [-0.3, -0.25) is 4.99 Å². The summed E-state index contributed by atoms with van der Waals surface area (Å²) in [4.78, 5) is 4.38. The van der Waals surface area contributed by atoms with Crippen molar-refractivity contribution in [1.29, 1.82) is 0 Å². The molecule has 0 spiro atoms. The maximum Gasteiger partial charge on any atom is 0.0391 e. The number of hydrogen-bond acceptors (Lipinski definition) is 1. The van der Waals surface area contributed by atoms with Crippen LogP contribution in [-0.4, -0.2) is 12.8 Å². The highest BCUT2D eigenvalue weighted by Gasteiger charge is 2.31. The molecule has 0 radical (unpaired) electrons. The second-order valence-corrected chi connectivity index (χ2v) is 4.02. The molecular formula is C12H13N. The molecule has 0 aromatic heterocycles. The largest absolute Gasteiger partial charge is 0.297 e. The Balaban J connectivity index is 2.07. The average molecular weight is 171 g/mol. The SMILES string of the molecule is C1=NCCC2c3ccccc3CC12. The van der Waals surface area contributed by atoms with Crippen molar-refractivity contribution in [3.63, 3.8) is 0 Å². The van der Waals surface area contributed by atoms with Gasteiger partial charge < -0.3 is 0 Å². The van der Waals surface area contributed by atoms with Crippen LogP contribution in [0.2, 0.25) is 0 Å². The smallest absolute Gasteiger partial charge is 0.0391 e. The molecule has 1 heteroatoms. The lowest BCUT2D eigenvalue weighted by molar-refractivity contribution is 0.531. The lowest BCUT2D eigenvalue weighted by atomic mass is 9.89. The first-order valence-electron chi connectivity index (χ1n) is 5.03. The van der Waals surface area contributed by atoms with Gasteiger partial charge in [0.15, 0.2) is 0 Å². The van der Waals surface area contributed by atoms with E-state index in [-0.39, 0.29) is 0 Å². The molecule has 2 unspecified atom stereocenters. The fourth-order valence-electron chi connectivity index (χ4n) is 2.66. The molecule has 2 atom stereocenters. The molecule has 0 saturated heterocycles. The number of benzene rings is 1. The molecule has 1 aliphatic carbocycles. The van der Waals surface area contributed by atoms with Crippen LogP contribution in [0.25, 0.3) is 0 Å². The Morgan fingerprint density at radius 1 is 1.23 bits per heavy atom. The molecule has 1 aliphatic heterocycles. The van der Waals surface area contributed by atoms with Gasteiger partial charge >= 0.3 is 0 Å². The fraction of sp³-hybridized carbons (Fsp3) is 0.417. The molecule has 3 rings (SSSR count). The van der Waals surface area contributed by atoms with Crippen LogP contribution in [-0.2, 0) is 6.42 Å². The monoisotopic (exact) mass is 171 g/mol. The summed E-state index contributed by atoms with van der Waals surface area (Å²) in [5.74, 6) is 1.47. The molecule has 2 aliphatic rings. The minimum atomic E-state index is 0.700. The molecule has 1 aromatic rings. The van der Waals surface area contributed by atoms with Crippen molar-refractivity contribution in [2.75, 3.05) is 6.54 Å². The lowest BCUT2D eigenvalue weighted by Gasteiger charge is -2.19. The van der Waals surface area contributed by atoms with Crippen LogP contribution < -0.4 is 0 Å². The average Bonchev–Trinajstić information content (AvgIpc) is 2.56. The summed E-state index contributed by atoms with van der Waals surface area (Å²) >= 11 is 0. The van der Waals surface area contributed by atoms with E-state index in [1.807, 2.05) is 0 Å². The Bertz CT molecular complexity index is 354. The van der Waals surface area contributed by atoms with Crippen LogP contribution in [0.5, 0.6) is 0 Å². The Morgan fingerprint density at radius 2 is 2.15 bits per heavy atom. The van der Waals surface area contributed by atoms with Gasteiger partial charge in [-0.15, -0.1) is 0 Å². The van der Waals surface area contributed by atoms with Crippen molar-refractivity contribution in [2.24, 2.45) is 10.9 Å². The van der Waals surface area contributed by atoms with E-state index in [4.69, 9.17) is 0 Å². The molecule has 1 nitrogen and oxygen atoms in total. The van der Waals surface area contributed by atoms with Crippen LogP contribution in [0.4, 0.5) is 0 Å². The highest BCUT2D eigenvalue weighted by atomic mass is 14.7. The van der Waals surface area contributed by atoms with Crippen molar-refractivity contribution in [2.45, 2.75) is 18.8 Å². The summed E-state index contributed by atoms with van der Waals surface area (Å²) in [6.07, 6.45) is 4.64. The maximum absolute atomic E-state index is 4.38. The van der Waals surface area contributed by atoms with E-state index < -0.39 is 0 Å². The topological polar surface area (TPSA) is 12.4 Å². The Kier molecular flexibility index (Phi) is 1.51. The minimum absolute atomic E-state index is 0.700. The van der Waals surface area contributed by atoms with Crippen molar-refractivity contribution in [3.05, 3.63) is 35.4 Å². The van der Waals surface area contributed by atoms with Crippen molar-refractivity contribution in [1.82, 2.24) is 0 Å². The molecule has 0 fully saturated rings. The first-order valence-corrected chi connectivity index (χ1v) is 5.03. The van der Waals surface area contributed by atoms with Gasteiger partial charge in [0, 0.05) is 18.7 Å². The molecule has 0 saturated carbocycles. The van der Waals surface area contributed by atoms with Crippen molar-refractivity contribution >= 4 is 6.21 Å². The van der Waals surface area contributed by atoms with E-state index in [1.165, 1.54) is 12.8 Å². The predicted molar refractivity (Wildman–Crippen MR) is 54.4 cm³/mol. The van der Waals surface area contributed by atoms with Crippen LogP contribution >= 0.6 is 0 Å². The standard InChI is InChI=1S/C12H13N/c1-2-4-11-9(3-1)7-10-8-13-6-5-12(10)11/h1-4,8,10,12H,5-7H2. The number of nitrogens with zero attached hydrogens (tertiary/aromatic N) is 1. The molecule has 0 amide bonds. The third kappa shape index (κ3) is 1.03. The Labute approximate surface area is 78.5 Å². The van der Waals surface area contributed by atoms with E-state index in [9.17, 15) is 0 Å². The molecular weight excluding hydrogens is 158 g/mol. The lowest BCUT2D eigenvalue weighted by Crippen LogP contribution is -2.15. The fourth-order valence-corrected chi connectivity index (χ4v) is 2.66. The van der Waals surface area contributed by atoms with Crippen molar-refractivity contribution in [3.8, 4) is 0 Å². The third-order valence-electron chi connectivity index (χ3n) is 3.29. The Hall–Kier alpha value is -1.11. The van der Waals surface area contributed by atoms with Gasteiger partial charge in [0.05, 0.1) is 0 Å². The van der Waals surface area contributed by atoms with Crippen LogP contribution in [0.15, 0.2) is 29.3 Å². The summed E-state index contributed by atoms with van der Waals surface area (Å²) in [6.45, 7) is 1.02. The van der Waals surface area contributed by atoms with Gasteiger partial charge in [-0.2, -0.15) is 0 Å². The van der Waals surface area contributed by atoms with Gasteiger partial charge in [0.1, 0.15) is 0 Å². The summed E-state index contributed by atoms with van der Waals surface area (Å²) in [7, 11) is 0. The molecule has 13 heavy (non-hydrogen) atoms. The highest BCUT2D eigenvalue weighted by Crippen LogP contribution is 2.40. The highest BCUT2D eigenvalue weighted by molar-refractivity contribution is 5.66. The van der Waals surface area contributed by atoms with Crippen LogP contribution in [0, 0.1) is 5.92 Å². The zero-order chi connectivity index (χ0) is 8.67. The number of rotatable bonds is 0. The molecule has 1 heterocycles. The zero-order valence-corrected chi connectivity index (χ0v) is 7.61. The summed E-state index contributed by atoms with van der Waals surface area (Å²) in [6, 6.07) is 8.86. The van der Waals surface area contributed by atoms with Gasteiger partial charge in [-0.05, 0) is 29.9 Å². The Morgan fingerprint density at radius 3 is 3.15 bits per heavy atom. The van der Waals surface area contributed by atoms with E-state index in [0.717, 1.165) is 12.5 Å². The molecule has 0 bridgehead atoms. The van der Waals surface area contributed by atoms with E-state index in [1.54, 1.807) is 11.1 Å². The normalized spacial score (nSPS) is 29.8. The van der Waals surface area contributed by atoms with E-state index in [2.05, 4.69) is 35.5 Å². The van der Waals surface area contributed by atoms with Crippen molar-refractivity contribution < 1.29 is 0 Å². The van der Waals surface area contributed by atoms with Gasteiger partial charge in [0.2, 0.25) is 0 Å². The van der Waals surface area contributed by atoms with Gasteiger partial charge in [0.25, 0.3) is 0 Å². The van der Waals surface area contributed by atoms with E-state index in [0.29, 0.717) is 5.92 Å². The van der Waals surface area contributed by atoms with Crippen LogP contribution in [0.3, 0.4) is 0 Å². The maximum atomic E-state index is 4.38. The first-order chi connectivity index (χ1) is 6.45. The summed E-state index contributed by atoms with van der Waals surface area (Å²) in [5, 5.41) is 0. The molecule has 0 N–H and O–H groups in total. The number of aliphatic imine (C=N–C) groups is 1. The minimum Gasteiger partial charge on any atom is -0.297 e. The molecule has 66 valence electrons. The third-order valence-corrected chi connectivity index (χ3v) is 3.29. The summed E-state index contributed by atoms with van der Waals surface area (Å²) in [5.41, 5.74) is 3.13. The first kappa shape index (κ1) is 7.31. The molecule has 1 aromatic carbocycles. The second kappa shape index (κ2) is 2.69. The second-order valence-electron chi connectivity index (χ2n) is 4.02.